The summed E-state index contributed by atoms with van der Waals surface area (Å²) in [5.74, 6) is -0.233. The molecule has 12 heteroatoms. The molecule has 1 aromatic heterocycles. The average Bonchev–Trinajstić information content (AvgIpc) is 3.02. The van der Waals surface area contributed by atoms with Crippen LogP contribution in [0.1, 0.15) is 62.3 Å². The van der Waals surface area contributed by atoms with Crippen molar-refractivity contribution in [2.24, 2.45) is 0 Å². The minimum absolute atomic E-state index is 0.0519. The summed E-state index contributed by atoms with van der Waals surface area (Å²) >= 11 is 0. The van der Waals surface area contributed by atoms with Gasteiger partial charge in [-0.15, -0.1) is 0 Å². The minimum Gasteiger partial charge on any atom is -0.414 e. The molecule has 3 rings (SSSR count). The molecule has 2 fully saturated rings. The Morgan fingerprint density at radius 3 is 2.17 bits per heavy atom. The van der Waals surface area contributed by atoms with Gasteiger partial charge in [0.15, 0.2) is 5.72 Å². The van der Waals surface area contributed by atoms with Crippen molar-refractivity contribution in [1.82, 2.24) is 9.55 Å². The van der Waals surface area contributed by atoms with E-state index in [0.29, 0.717) is 0 Å². The van der Waals surface area contributed by atoms with Crippen LogP contribution in [0.3, 0.4) is 0 Å². The van der Waals surface area contributed by atoms with E-state index in [1.54, 1.807) is 0 Å². The Hall–Kier alpha value is -1.42. The predicted octanol–water partition coefficient (Wildman–Crippen LogP) is 3.20. The number of aromatic nitrogens is 2. The molecule has 2 saturated heterocycles. The lowest BCUT2D eigenvalue weighted by Crippen LogP contribution is -2.67. The molecule has 198 valence electrons. The first-order valence-corrected chi connectivity index (χ1v) is 16.4. The molecule has 2 aliphatic rings. The maximum atomic E-state index is 12.9. The number of hydrogen-bond donors (Lipinski definition) is 2. The molecule has 2 aliphatic heterocycles. The van der Waals surface area contributed by atoms with Crippen LogP contribution in [0.2, 0.25) is 22.2 Å². The third-order valence-corrected chi connectivity index (χ3v) is 17.4. The van der Waals surface area contributed by atoms with Gasteiger partial charge in [0.05, 0.1) is 13.2 Å². The van der Waals surface area contributed by atoms with Crippen molar-refractivity contribution in [3.63, 3.8) is 0 Å². The lowest BCUT2D eigenvalue weighted by molar-refractivity contribution is -0.118. The van der Waals surface area contributed by atoms with E-state index in [0.717, 1.165) is 4.57 Å². The van der Waals surface area contributed by atoms with Gasteiger partial charge in [0.2, 0.25) is 5.91 Å². The maximum Gasteiger partial charge on any atom is 0.352 e. The van der Waals surface area contributed by atoms with Crippen molar-refractivity contribution in [3.8, 4) is 0 Å². The number of ether oxygens (including phenoxy) is 1. The van der Waals surface area contributed by atoms with Gasteiger partial charge in [-0.25, -0.2) is 4.79 Å². The first kappa shape index (κ1) is 28.2. The molecule has 3 heterocycles. The van der Waals surface area contributed by atoms with Crippen LogP contribution in [-0.2, 0) is 28.2 Å². The van der Waals surface area contributed by atoms with E-state index in [1.807, 2.05) is 0 Å². The van der Waals surface area contributed by atoms with Crippen molar-refractivity contribution in [2.75, 3.05) is 18.5 Å². The molecule has 0 saturated carbocycles. The minimum atomic E-state index is -3.03. The van der Waals surface area contributed by atoms with Crippen LogP contribution in [0.25, 0.3) is 0 Å². The van der Waals surface area contributed by atoms with Crippen LogP contribution in [-0.4, -0.2) is 63.1 Å². The maximum absolute atomic E-state index is 12.9. The van der Waals surface area contributed by atoms with Crippen LogP contribution >= 0.6 is 0 Å². The summed E-state index contributed by atoms with van der Waals surface area (Å²) in [7, 11) is -5.78. The quantitative estimate of drug-likeness (QED) is 0.541. The summed E-state index contributed by atoms with van der Waals surface area (Å²) in [5.41, 5.74) is -2.06. The highest BCUT2D eigenvalue weighted by molar-refractivity contribution is 6.84. The van der Waals surface area contributed by atoms with E-state index in [4.69, 9.17) is 17.7 Å². The Kier molecular flexibility index (Phi) is 8.17. The molecule has 1 aromatic rings. The average molecular weight is 528 g/mol. The second-order valence-corrected chi connectivity index (χ2v) is 19.7. The Bertz CT molecular complexity index is 968. The third-order valence-electron chi connectivity index (χ3n) is 7.15. The zero-order chi connectivity index (χ0) is 26.3. The van der Waals surface area contributed by atoms with Crippen LogP contribution < -0.4 is 11.0 Å². The molecule has 0 spiro atoms. The number of amides is 1. The molecule has 0 aliphatic carbocycles. The molecular weight excluding hydrogens is 486 g/mol. The number of aliphatic hydroxyl groups is 1. The first-order chi connectivity index (χ1) is 16.2. The van der Waals surface area contributed by atoms with Gasteiger partial charge in [-0.3, -0.25) is 9.36 Å². The fourth-order valence-electron chi connectivity index (χ4n) is 5.28. The summed E-state index contributed by atoms with van der Waals surface area (Å²) < 4.78 is 27.9. The topological polar surface area (TPSA) is 121 Å². The SMILES string of the molecule is CC(=O)Nc1ccn(C2(O)COC3CO[Si](C(C)C)(C(C)C)O[Si](C(C)C)(C(C)C)OC32)c(=O)n1. The summed E-state index contributed by atoms with van der Waals surface area (Å²) in [6, 6.07) is 1.47. The first-order valence-electron chi connectivity index (χ1n) is 12.4. The fourth-order valence-corrected chi connectivity index (χ4v) is 16.5. The van der Waals surface area contributed by atoms with Crippen LogP contribution in [0, 0.1) is 0 Å². The van der Waals surface area contributed by atoms with Gasteiger partial charge in [0.25, 0.3) is 0 Å². The molecule has 10 nitrogen and oxygen atoms in total. The van der Waals surface area contributed by atoms with Crippen molar-refractivity contribution < 1.29 is 27.6 Å². The normalized spacial score (nSPS) is 28.3. The van der Waals surface area contributed by atoms with Crippen LogP contribution in [0.4, 0.5) is 5.82 Å². The van der Waals surface area contributed by atoms with Crippen molar-refractivity contribution in [3.05, 3.63) is 22.7 Å². The second kappa shape index (κ2) is 10.2. The van der Waals surface area contributed by atoms with E-state index in [9.17, 15) is 14.7 Å². The monoisotopic (exact) mass is 527 g/mol. The summed E-state index contributed by atoms with van der Waals surface area (Å²) in [6.45, 7) is 18.3. The van der Waals surface area contributed by atoms with Crippen LogP contribution in [0.5, 0.6) is 0 Å². The van der Waals surface area contributed by atoms with Gasteiger partial charge in [0, 0.05) is 13.1 Å². The zero-order valence-corrected chi connectivity index (χ0v) is 24.3. The Balaban J connectivity index is 2.11. The van der Waals surface area contributed by atoms with Gasteiger partial charge < -0.3 is 28.1 Å². The molecule has 3 unspecified atom stereocenters. The smallest absolute Gasteiger partial charge is 0.352 e. The molecule has 0 radical (unpaired) electrons. The van der Waals surface area contributed by atoms with E-state index in [-0.39, 0.29) is 47.1 Å². The Morgan fingerprint density at radius 1 is 1.11 bits per heavy atom. The molecule has 0 bridgehead atoms. The largest absolute Gasteiger partial charge is 0.414 e. The second-order valence-electron chi connectivity index (χ2n) is 10.9. The molecular formula is C23H41N3O7Si2. The van der Waals surface area contributed by atoms with E-state index < -0.39 is 40.7 Å². The highest BCUT2D eigenvalue weighted by atomic mass is 28.5. The highest BCUT2D eigenvalue weighted by Gasteiger charge is 2.63. The number of rotatable bonds is 6. The fraction of sp³-hybridized carbons (Fsp3) is 0.783. The number of carbonyl (C=O) groups is 1. The standard InChI is InChI=1S/C23H41N3O7Si2/c1-14(2)34(15(3)4)31-12-19-21(32-35(33-34,16(5)6)17(7)8)23(29,13-30-19)26-11-10-20(24-18(9)27)25-22(26)28/h10-11,14-17,19,21,29H,12-13H2,1-9H3,(H,24,25,27,28). The van der Waals surface area contributed by atoms with Gasteiger partial charge >= 0.3 is 22.8 Å². The molecule has 2 N–H and O–H groups in total. The summed E-state index contributed by atoms with van der Waals surface area (Å²) in [5, 5.41) is 14.4. The lowest BCUT2D eigenvalue weighted by atomic mass is 10.1. The number of anilines is 1. The molecule has 0 aromatic carbocycles. The third kappa shape index (κ3) is 4.94. The number of nitrogens with one attached hydrogen (secondary N) is 1. The Morgan fingerprint density at radius 2 is 1.69 bits per heavy atom. The van der Waals surface area contributed by atoms with Crippen molar-refractivity contribution in [1.29, 1.82) is 0 Å². The lowest BCUT2D eigenvalue weighted by Gasteiger charge is -2.52. The summed E-state index contributed by atoms with van der Waals surface area (Å²) in [4.78, 5) is 28.2. The van der Waals surface area contributed by atoms with Crippen LogP contribution in [0.15, 0.2) is 17.1 Å². The van der Waals surface area contributed by atoms with Gasteiger partial charge in [-0.2, -0.15) is 4.98 Å². The highest BCUT2D eigenvalue weighted by Crippen LogP contribution is 2.48. The number of fused-ring (bicyclic) bond motifs is 1. The predicted molar refractivity (Wildman–Crippen MR) is 137 cm³/mol. The molecule has 1 amide bonds. The Labute approximate surface area is 209 Å². The van der Waals surface area contributed by atoms with E-state index in [2.05, 4.69) is 65.7 Å². The van der Waals surface area contributed by atoms with E-state index in [1.165, 1.54) is 19.2 Å². The van der Waals surface area contributed by atoms with Gasteiger partial charge in [-0.05, 0) is 28.2 Å². The van der Waals surface area contributed by atoms with Gasteiger partial charge in [-0.1, -0.05) is 55.4 Å². The number of nitrogens with zero attached hydrogens (tertiary/aromatic N) is 2. The van der Waals surface area contributed by atoms with E-state index >= 15 is 0 Å². The summed E-state index contributed by atoms with van der Waals surface area (Å²) in [6.07, 6.45) is -0.0678. The number of hydrogen-bond acceptors (Lipinski definition) is 8. The van der Waals surface area contributed by atoms with Gasteiger partial charge in [0.1, 0.15) is 18.0 Å². The van der Waals surface area contributed by atoms with Crippen molar-refractivity contribution in [2.45, 2.75) is 102 Å². The number of carbonyl (C=O) groups excluding carboxylic acids is 1. The zero-order valence-electron chi connectivity index (χ0n) is 22.3. The molecule has 35 heavy (non-hydrogen) atoms. The van der Waals surface area contributed by atoms with Crippen molar-refractivity contribution >= 4 is 28.8 Å². The molecule has 3 atom stereocenters.